The number of para-hydroxylation sites is 1. The average Bonchev–Trinajstić information content (AvgIpc) is 2.74. The second kappa shape index (κ2) is 8.35. The number of nitrogens with zero attached hydrogens (tertiary/aromatic N) is 4. The van der Waals surface area contributed by atoms with Crippen LogP contribution in [0.15, 0.2) is 60.9 Å². The van der Waals surface area contributed by atoms with E-state index in [1.165, 1.54) is 11.9 Å². The van der Waals surface area contributed by atoms with Gasteiger partial charge < -0.3 is 10.6 Å². The maximum Gasteiger partial charge on any atom is 0.353 e. The number of nitro groups is 1. The molecule has 0 radical (unpaired) electrons. The Kier molecular flexibility index (Phi) is 5.44. The van der Waals surface area contributed by atoms with E-state index >= 15 is 0 Å². The van der Waals surface area contributed by atoms with Crippen LogP contribution < -0.4 is 10.6 Å². The smallest absolute Gasteiger partial charge is 0.334 e. The van der Waals surface area contributed by atoms with Crippen LogP contribution in [0, 0.1) is 17.0 Å². The lowest BCUT2D eigenvalue weighted by Crippen LogP contribution is -2.06. The molecule has 0 saturated carbocycles. The fourth-order valence-electron chi connectivity index (χ4n) is 3.30. The first-order valence-corrected chi connectivity index (χ1v) is 9.92. The van der Waals surface area contributed by atoms with E-state index in [1.807, 2.05) is 61.5 Å². The first-order chi connectivity index (χ1) is 14.9. The Morgan fingerprint density at radius 3 is 2.32 bits per heavy atom. The highest BCUT2D eigenvalue weighted by molar-refractivity contribution is 5.93. The van der Waals surface area contributed by atoms with E-state index in [2.05, 4.69) is 39.4 Å². The molecule has 0 atom stereocenters. The Hall–Kier alpha value is -4.07. The first-order valence-electron chi connectivity index (χ1n) is 9.92. The zero-order chi connectivity index (χ0) is 22.0. The molecule has 2 heterocycles. The Labute approximate surface area is 179 Å². The zero-order valence-electron chi connectivity index (χ0n) is 17.5. The van der Waals surface area contributed by atoms with Crippen molar-refractivity contribution in [1.29, 1.82) is 0 Å². The minimum atomic E-state index is -0.489. The molecule has 2 aromatic heterocycles. The van der Waals surface area contributed by atoms with Gasteiger partial charge in [-0.1, -0.05) is 44.2 Å². The normalized spacial score (nSPS) is 11.0. The van der Waals surface area contributed by atoms with E-state index in [9.17, 15) is 10.1 Å². The molecular weight excluding hydrogens is 392 g/mol. The van der Waals surface area contributed by atoms with Crippen molar-refractivity contribution in [2.24, 2.45) is 0 Å². The first kappa shape index (κ1) is 20.2. The quantitative estimate of drug-likeness (QED) is 0.301. The van der Waals surface area contributed by atoms with Gasteiger partial charge in [-0.05, 0) is 42.7 Å². The molecular formula is C23H22N6O2. The topological polar surface area (TPSA) is 106 Å². The van der Waals surface area contributed by atoms with E-state index in [0.717, 1.165) is 11.1 Å². The third-order valence-corrected chi connectivity index (χ3v) is 4.96. The molecule has 2 N–H and O–H groups in total. The van der Waals surface area contributed by atoms with Crippen LogP contribution in [0.1, 0.15) is 31.0 Å². The maximum absolute atomic E-state index is 11.9. The fourth-order valence-corrected chi connectivity index (χ4v) is 3.30. The van der Waals surface area contributed by atoms with Crippen molar-refractivity contribution in [2.45, 2.75) is 26.7 Å². The van der Waals surface area contributed by atoms with E-state index in [-0.39, 0.29) is 17.3 Å². The van der Waals surface area contributed by atoms with Crippen molar-refractivity contribution in [3.05, 3.63) is 82.3 Å². The summed E-state index contributed by atoms with van der Waals surface area (Å²) in [6.45, 7) is 6.12. The molecule has 0 fully saturated rings. The van der Waals surface area contributed by atoms with Crippen LogP contribution in [0.5, 0.6) is 0 Å². The molecule has 2 aromatic carbocycles. The molecule has 8 nitrogen and oxygen atoms in total. The van der Waals surface area contributed by atoms with E-state index in [4.69, 9.17) is 0 Å². The number of fused-ring (bicyclic) bond motifs is 1. The second-order valence-electron chi connectivity index (χ2n) is 7.53. The zero-order valence-corrected chi connectivity index (χ0v) is 17.5. The van der Waals surface area contributed by atoms with Gasteiger partial charge in [-0.2, -0.15) is 0 Å². The Morgan fingerprint density at radius 2 is 1.65 bits per heavy atom. The largest absolute Gasteiger partial charge is 0.353 e. The van der Waals surface area contributed by atoms with Gasteiger partial charge >= 0.3 is 5.69 Å². The van der Waals surface area contributed by atoms with Gasteiger partial charge in [0.25, 0.3) is 0 Å². The van der Waals surface area contributed by atoms with Crippen molar-refractivity contribution in [3.8, 4) is 0 Å². The van der Waals surface area contributed by atoms with E-state index in [0.29, 0.717) is 22.8 Å². The highest BCUT2D eigenvalue weighted by atomic mass is 16.6. The van der Waals surface area contributed by atoms with Crippen molar-refractivity contribution in [2.75, 3.05) is 10.6 Å². The van der Waals surface area contributed by atoms with Crippen LogP contribution in [-0.2, 0) is 0 Å². The lowest BCUT2D eigenvalue weighted by Gasteiger charge is -2.12. The number of nitrogens with one attached hydrogen (secondary N) is 2. The Balaban J connectivity index is 1.71. The molecule has 0 saturated heterocycles. The maximum atomic E-state index is 11.9. The average molecular weight is 414 g/mol. The SMILES string of the molecule is Cc1ccc2cccc(Nc3ncnc(Nc4ccc(C(C)C)cc4)c3[N+](=O)[O-])c2n1. The predicted octanol–water partition coefficient (Wildman–Crippen LogP) is 5.85. The van der Waals surface area contributed by atoms with Gasteiger partial charge in [-0.3, -0.25) is 15.1 Å². The highest BCUT2D eigenvalue weighted by Gasteiger charge is 2.24. The monoisotopic (exact) mass is 414 g/mol. The van der Waals surface area contributed by atoms with Crippen LogP contribution in [-0.4, -0.2) is 19.9 Å². The molecule has 8 heteroatoms. The number of hydrogen-bond acceptors (Lipinski definition) is 7. The summed E-state index contributed by atoms with van der Waals surface area (Å²) in [5.41, 5.74) is 3.86. The van der Waals surface area contributed by atoms with Crippen molar-refractivity contribution >= 4 is 39.6 Å². The number of aromatic nitrogens is 3. The molecule has 0 bridgehead atoms. The summed E-state index contributed by atoms with van der Waals surface area (Å²) in [6, 6.07) is 17.2. The predicted molar refractivity (Wildman–Crippen MR) is 122 cm³/mol. The van der Waals surface area contributed by atoms with E-state index < -0.39 is 4.92 Å². The molecule has 0 aliphatic heterocycles. The lowest BCUT2D eigenvalue weighted by atomic mass is 10.0. The lowest BCUT2D eigenvalue weighted by molar-refractivity contribution is -0.383. The van der Waals surface area contributed by atoms with Gasteiger partial charge in [-0.25, -0.2) is 9.97 Å². The van der Waals surface area contributed by atoms with Crippen molar-refractivity contribution in [3.63, 3.8) is 0 Å². The summed E-state index contributed by atoms with van der Waals surface area (Å²) in [5, 5.41) is 19.0. The second-order valence-corrected chi connectivity index (χ2v) is 7.53. The Morgan fingerprint density at radius 1 is 0.935 bits per heavy atom. The molecule has 0 amide bonds. The standard InChI is InChI=1S/C23H22N6O2/c1-14(2)16-9-11-18(12-10-16)27-22-21(29(30)31)23(25-13-24-22)28-19-6-4-5-17-8-7-15(3)26-20(17)19/h4-14H,1-3H3,(H2,24,25,27,28). The van der Waals surface area contributed by atoms with Crippen LogP contribution in [0.25, 0.3) is 10.9 Å². The molecule has 156 valence electrons. The number of hydrogen-bond donors (Lipinski definition) is 2. The molecule has 0 unspecified atom stereocenters. The third kappa shape index (κ3) is 4.28. The van der Waals surface area contributed by atoms with Gasteiger partial charge in [-0.15, -0.1) is 0 Å². The highest BCUT2D eigenvalue weighted by Crippen LogP contribution is 2.34. The van der Waals surface area contributed by atoms with Gasteiger partial charge in [0.15, 0.2) is 0 Å². The fraction of sp³-hybridized carbons (Fsp3) is 0.174. The van der Waals surface area contributed by atoms with Crippen LogP contribution >= 0.6 is 0 Å². The molecule has 31 heavy (non-hydrogen) atoms. The van der Waals surface area contributed by atoms with E-state index in [1.54, 1.807) is 0 Å². The number of aryl methyl sites for hydroxylation is 1. The van der Waals surface area contributed by atoms with Gasteiger partial charge in [0.2, 0.25) is 11.6 Å². The van der Waals surface area contributed by atoms with Gasteiger partial charge in [0.05, 0.1) is 16.1 Å². The van der Waals surface area contributed by atoms with Crippen LogP contribution in [0.3, 0.4) is 0 Å². The molecule has 0 aliphatic carbocycles. The summed E-state index contributed by atoms with van der Waals surface area (Å²) < 4.78 is 0. The summed E-state index contributed by atoms with van der Waals surface area (Å²) >= 11 is 0. The number of pyridine rings is 1. The number of anilines is 4. The number of rotatable bonds is 6. The van der Waals surface area contributed by atoms with Gasteiger partial charge in [0, 0.05) is 16.8 Å². The molecule has 4 aromatic rings. The summed E-state index contributed by atoms with van der Waals surface area (Å²) in [7, 11) is 0. The minimum Gasteiger partial charge on any atom is -0.334 e. The molecule has 0 spiro atoms. The van der Waals surface area contributed by atoms with Crippen LogP contribution in [0.2, 0.25) is 0 Å². The number of benzene rings is 2. The molecule has 0 aliphatic rings. The summed E-state index contributed by atoms with van der Waals surface area (Å²) in [5.74, 6) is 0.609. The van der Waals surface area contributed by atoms with Gasteiger partial charge in [0.1, 0.15) is 6.33 Å². The minimum absolute atomic E-state index is 0.0945. The third-order valence-electron chi connectivity index (χ3n) is 4.96. The van der Waals surface area contributed by atoms with Crippen molar-refractivity contribution < 1.29 is 4.92 Å². The Bertz CT molecular complexity index is 1250. The van der Waals surface area contributed by atoms with Crippen LogP contribution in [0.4, 0.5) is 28.7 Å². The molecule has 4 rings (SSSR count). The summed E-state index contributed by atoms with van der Waals surface area (Å²) in [6.07, 6.45) is 1.30. The summed E-state index contributed by atoms with van der Waals surface area (Å²) in [4.78, 5) is 24.2. The van der Waals surface area contributed by atoms with Crippen molar-refractivity contribution in [1.82, 2.24) is 15.0 Å².